The van der Waals surface area contributed by atoms with Crippen molar-refractivity contribution < 1.29 is 13.2 Å². The maximum Gasteiger partial charge on any atom is 0.214 e. The summed E-state index contributed by atoms with van der Waals surface area (Å²) in [6, 6.07) is 0.0478. The predicted octanol–water partition coefficient (Wildman–Crippen LogP) is 0.0828. The van der Waals surface area contributed by atoms with E-state index in [9.17, 15) is 8.42 Å². The first-order valence-corrected chi connectivity index (χ1v) is 7.92. The van der Waals surface area contributed by atoms with E-state index in [0.717, 1.165) is 19.5 Å². The van der Waals surface area contributed by atoms with Gasteiger partial charge in [0.25, 0.3) is 0 Å². The van der Waals surface area contributed by atoms with Gasteiger partial charge in [0, 0.05) is 25.8 Å². The summed E-state index contributed by atoms with van der Waals surface area (Å²) in [5, 5.41) is 2.99. The lowest BCUT2D eigenvalue weighted by Crippen LogP contribution is -2.51. The van der Waals surface area contributed by atoms with Crippen LogP contribution in [0.25, 0.3) is 0 Å². The lowest BCUT2D eigenvalue weighted by atomic mass is 9.99. The summed E-state index contributed by atoms with van der Waals surface area (Å²) in [6.07, 6.45) is 2.16. The van der Waals surface area contributed by atoms with Crippen LogP contribution in [0.4, 0.5) is 0 Å². The highest BCUT2D eigenvalue weighted by molar-refractivity contribution is 7.90. The van der Waals surface area contributed by atoms with Crippen LogP contribution < -0.4 is 10.0 Å². The second kappa shape index (κ2) is 5.65. The van der Waals surface area contributed by atoms with Gasteiger partial charge in [-0.05, 0) is 31.7 Å². The molecule has 0 spiro atoms. The summed E-state index contributed by atoms with van der Waals surface area (Å²) >= 11 is 0. The van der Waals surface area contributed by atoms with Crippen molar-refractivity contribution >= 4 is 10.0 Å². The second-order valence-electron chi connectivity index (χ2n) is 5.17. The number of ether oxygens (including phenoxy) is 1. The third-order valence-electron chi connectivity index (χ3n) is 3.51. The smallest absolute Gasteiger partial charge is 0.214 e. The van der Waals surface area contributed by atoms with E-state index in [4.69, 9.17) is 4.74 Å². The molecule has 5 nitrogen and oxygen atoms in total. The molecule has 2 fully saturated rings. The molecule has 0 amide bonds. The Bertz CT molecular complexity index is 339. The van der Waals surface area contributed by atoms with E-state index >= 15 is 0 Å². The van der Waals surface area contributed by atoms with Crippen molar-refractivity contribution in [3.8, 4) is 0 Å². The van der Waals surface area contributed by atoms with E-state index in [-0.39, 0.29) is 11.3 Å². The van der Waals surface area contributed by atoms with E-state index in [0.29, 0.717) is 32.0 Å². The number of nitrogens with one attached hydrogen (secondary N) is 2. The number of sulfonamides is 1. The molecule has 17 heavy (non-hydrogen) atoms. The van der Waals surface area contributed by atoms with Gasteiger partial charge in [0.05, 0.1) is 5.25 Å². The molecule has 2 aliphatic heterocycles. The van der Waals surface area contributed by atoms with Crippen LogP contribution in [0.1, 0.15) is 26.2 Å². The van der Waals surface area contributed by atoms with Gasteiger partial charge in [-0.1, -0.05) is 6.92 Å². The topological polar surface area (TPSA) is 67.4 Å². The fourth-order valence-electron chi connectivity index (χ4n) is 2.56. The Morgan fingerprint density at radius 1 is 1.24 bits per heavy atom. The molecule has 2 atom stereocenters. The largest absolute Gasteiger partial charge is 0.381 e. The third kappa shape index (κ3) is 3.64. The van der Waals surface area contributed by atoms with Crippen LogP contribution in [-0.4, -0.2) is 46.0 Å². The minimum absolute atomic E-state index is 0.0478. The Labute approximate surface area is 103 Å². The van der Waals surface area contributed by atoms with Crippen molar-refractivity contribution in [3.63, 3.8) is 0 Å². The van der Waals surface area contributed by atoms with E-state index in [1.165, 1.54) is 0 Å². The maximum atomic E-state index is 12.2. The molecule has 0 aliphatic carbocycles. The van der Waals surface area contributed by atoms with E-state index < -0.39 is 10.0 Å². The molecule has 0 aromatic heterocycles. The maximum absolute atomic E-state index is 12.2. The molecule has 2 aliphatic rings. The molecule has 0 bridgehead atoms. The normalized spacial score (nSPS) is 32.5. The Morgan fingerprint density at radius 2 is 1.94 bits per heavy atom. The zero-order valence-corrected chi connectivity index (χ0v) is 11.1. The van der Waals surface area contributed by atoms with Crippen molar-refractivity contribution in [3.05, 3.63) is 0 Å². The quantitative estimate of drug-likeness (QED) is 0.756. The number of hydrogen-bond acceptors (Lipinski definition) is 4. The van der Waals surface area contributed by atoms with E-state index in [2.05, 4.69) is 17.0 Å². The van der Waals surface area contributed by atoms with E-state index in [1.54, 1.807) is 0 Å². The molecule has 6 heteroatoms. The number of hydrogen-bond donors (Lipinski definition) is 2. The van der Waals surface area contributed by atoms with Crippen molar-refractivity contribution in [2.75, 3.05) is 26.3 Å². The Balaban J connectivity index is 1.91. The minimum Gasteiger partial charge on any atom is -0.381 e. The standard InChI is InChI=1S/C11H22N2O3S/c1-9-6-10(8-12-7-9)13-17(14,15)11-2-4-16-5-3-11/h9-13H,2-8H2,1H3. The summed E-state index contributed by atoms with van der Waals surface area (Å²) in [5.41, 5.74) is 0. The average molecular weight is 262 g/mol. The first-order chi connectivity index (χ1) is 8.08. The number of piperidine rings is 1. The molecule has 2 N–H and O–H groups in total. The predicted molar refractivity (Wildman–Crippen MR) is 66.3 cm³/mol. The van der Waals surface area contributed by atoms with Crippen LogP contribution in [0, 0.1) is 5.92 Å². The van der Waals surface area contributed by atoms with Gasteiger partial charge in [-0.15, -0.1) is 0 Å². The summed E-state index contributed by atoms with van der Waals surface area (Å²) in [4.78, 5) is 0. The van der Waals surface area contributed by atoms with E-state index in [1.807, 2.05) is 0 Å². The van der Waals surface area contributed by atoms with Gasteiger partial charge in [0.15, 0.2) is 0 Å². The summed E-state index contributed by atoms with van der Waals surface area (Å²) in [5.74, 6) is 0.533. The van der Waals surface area contributed by atoms with Crippen LogP contribution >= 0.6 is 0 Å². The SMILES string of the molecule is CC1CNCC(NS(=O)(=O)C2CCOCC2)C1. The van der Waals surface area contributed by atoms with Crippen LogP contribution in [0.5, 0.6) is 0 Å². The Morgan fingerprint density at radius 3 is 2.59 bits per heavy atom. The highest BCUT2D eigenvalue weighted by Gasteiger charge is 2.31. The highest BCUT2D eigenvalue weighted by Crippen LogP contribution is 2.17. The van der Waals surface area contributed by atoms with Crippen LogP contribution in [0.2, 0.25) is 0 Å². The Hall–Kier alpha value is -0.170. The molecule has 2 rings (SSSR count). The molecule has 100 valence electrons. The molecule has 2 unspecified atom stereocenters. The molecule has 0 radical (unpaired) electrons. The van der Waals surface area contributed by atoms with Gasteiger partial charge < -0.3 is 10.1 Å². The molecule has 0 saturated carbocycles. The highest BCUT2D eigenvalue weighted by atomic mass is 32.2. The molecule has 0 aromatic rings. The minimum atomic E-state index is -3.18. The number of rotatable bonds is 3. The average Bonchev–Trinajstić information content (AvgIpc) is 2.29. The summed E-state index contributed by atoms with van der Waals surface area (Å²) in [6.45, 7) is 4.99. The fourth-order valence-corrected chi connectivity index (χ4v) is 4.21. The first kappa shape index (κ1) is 13.3. The molecule has 0 aromatic carbocycles. The van der Waals surface area contributed by atoms with Gasteiger partial charge >= 0.3 is 0 Å². The Kier molecular flexibility index (Phi) is 4.41. The second-order valence-corrected chi connectivity index (χ2v) is 7.16. The summed E-state index contributed by atoms with van der Waals surface area (Å²) < 4.78 is 32.4. The van der Waals surface area contributed by atoms with Crippen molar-refractivity contribution in [1.29, 1.82) is 0 Å². The zero-order chi connectivity index (χ0) is 12.3. The molecule has 2 heterocycles. The summed E-state index contributed by atoms with van der Waals surface area (Å²) in [7, 11) is -3.18. The lowest BCUT2D eigenvalue weighted by Gasteiger charge is -2.30. The first-order valence-electron chi connectivity index (χ1n) is 6.37. The molecular formula is C11H22N2O3S. The van der Waals surface area contributed by atoms with Gasteiger partial charge in [0.2, 0.25) is 10.0 Å². The lowest BCUT2D eigenvalue weighted by molar-refractivity contribution is 0.0980. The van der Waals surface area contributed by atoms with Gasteiger partial charge in [-0.2, -0.15) is 0 Å². The van der Waals surface area contributed by atoms with Crippen molar-refractivity contribution in [1.82, 2.24) is 10.0 Å². The fraction of sp³-hybridized carbons (Fsp3) is 1.00. The van der Waals surface area contributed by atoms with Crippen LogP contribution in [0.15, 0.2) is 0 Å². The molecule has 2 saturated heterocycles. The van der Waals surface area contributed by atoms with Crippen molar-refractivity contribution in [2.45, 2.75) is 37.5 Å². The van der Waals surface area contributed by atoms with Gasteiger partial charge in [-0.3, -0.25) is 0 Å². The van der Waals surface area contributed by atoms with Crippen LogP contribution in [-0.2, 0) is 14.8 Å². The zero-order valence-electron chi connectivity index (χ0n) is 10.3. The van der Waals surface area contributed by atoms with Crippen molar-refractivity contribution in [2.24, 2.45) is 5.92 Å². The monoisotopic (exact) mass is 262 g/mol. The van der Waals surface area contributed by atoms with Gasteiger partial charge in [-0.25, -0.2) is 13.1 Å². The van der Waals surface area contributed by atoms with Crippen LogP contribution in [0.3, 0.4) is 0 Å². The molecular weight excluding hydrogens is 240 g/mol. The van der Waals surface area contributed by atoms with Gasteiger partial charge in [0.1, 0.15) is 0 Å². The third-order valence-corrected chi connectivity index (χ3v) is 5.52.